The predicted molar refractivity (Wildman–Crippen MR) is 62.8 cm³/mol. The average molecular weight is 229 g/mol. The van der Waals surface area contributed by atoms with Crippen molar-refractivity contribution in [2.24, 2.45) is 5.84 Å². The van der Waals surface area contributed by atoms with Gasteiger partial charge in [0.25, 0.3) is 0 Å². The van der Waals surface area contributed by atoms with Crippen LogP contribution in [-0.4, -0.2) is 19.3 Å². The van der Waals surface area contributed by atoms with Crippen molar-refractivity contribution in [2.75, 3.05) is 13.2 Å². The first-order valence-electron chi connectivity index (χ1n) is 5.04. The van der Waals surface area contributed by atoms with Crippen molar-refractivity contribution in [2.45, 2.75) is 19.4 Å². The number of ether oxygens (including phenoxy) is 1. The predicted octanol–water partition coefficient (Wildman–Crippen LogP) is 1.75. The fourth-order valence-electron chi connectivity index (χ4n) is 1.33. The summed E-state index contributed by atoms with van der Waals surface area (Å²) in [6.07, 6.45) is 0.841. The van der Waals surface area contributed by atoms with Gasteiger partial charge in [-0.05, 0) is 31.0 Å². The van der Waals surface area contributed by atoms with Crippen LogP contribution < -0.4 is 11.3 Å². The van der Waals surface area contributed by atoms with Crippen LogP contribution in [0.1, 0.15) is 12.5 Å². The zero-order chi connectivity index (χ0) is 11.1. The summed E-state index contributed by atoms with van der Waals surface area (Å²) >= 11 is 5.80. The third-order valence-electron chi connectivity index (χ3n) is 2.15. The van der Waals surface area contributed by atoms with Crippen LogP contribution in [-0.2, 0) is 11.2 Å². The highest BCUT2D eigenvalue weighted by Crippen LogP contribution is 2.11. The van der Waals surface area contributed by atoms with Crippen LogP contribution in [0.25, 0.3) is 0 Å². The molecule has 3 N–H and O–H groups in total. The van der Waals surface area contributed by atoms with E-state index in [4.69, 9.17) is 22.2 Å². The van der Waals surface area contributed by atoms with E-state index in [0.29, 0.717) is 13.2 Å². The second-order valence-electron chi connectivity index (χ2n) is 3.35. The Bertz CT molecular complexity index is 276. The highest BCUT2D eigenvalue weighted by atomic mass is 35.5. The van der Waals surface area contributed by atoms with E-state index < -0.39 is 0 Å². The summed E-state index contributed by atoms with van der Waals surface area (Å²) in [7, 11) is 0. The van der Waals surface area contributed by atoms with Gasteiger partial charge in [0.2, 0.25) is 0 Å². The van der Waals surface area contributed by atoms with E-state index in [1.807, 2.05) is 31.2 Å². The summed E-state index contributed by atoms with van der Waals surface area (Å²) in [6.45, 7) is 3.30. The zero-order valence-electron chi connectivity index (χ0n) is 8.87. The highest BCUT2D eigenvalue weighted by molar-refractivity contribution is 6.30. The number of benzene rings is 1. The molecule has 4 heteroatoms. The van der Waals surface area contributed by atoms with E-state index in [0.717, 1.165) is 11.4 Å². The molecule has 0 bridgehead atoms. The maximum Gasteiger partial charge on any atom is 0.0636 e. The second kappa shape index (κ2) is 6.80. The molecule has 0 saturated heterocycles. The maximum absolute atomic E-state index is 5.80. The minimum absolute atomic E-state index is 0.145. The lowest BCUT2D eigenvalue weighted by atomic mass is 10.1. The van der Waals surface area contributed by atoms with Gasteiger partial charge in [0.15, 0.2) is 0 Å². The molecule has 0 aliphatic carbocycles. The number of hydrazine groups is 1. The lowest BCUT2D eigenvalue weighted by Crippen LogP contribution is -2.40. The summed E-state index contributed by atoms with van der Waals surface area (Å²) in [5.41, 5.74) is 3.94. The van der Waals surface area contributed by atoms with E-state index in [2.05, 4.69) is 5.43 Å². The first-order chi connectivity index (χ1) is 7.26. The van der Waals surface area contributed by atoms with Crippen LogP contribution in [0.15, 0.2) is 24.3 Å². The first-order valence-corrected chi connectivity index (χ1v) is 5.42. The Balaban J connectivity index is 2.47. The summed E-state index contributed by atoms with van der Waals surface area (Å²) < 4.78 is 5.31. The molecule has 0 aliphatic rings. The van der Waals surface area contributed by atoms with Crippen molar-refractivity contribution in [1.82, 2.24) is 5.43 Å². The molecule has 0 amide bonds. The van der Waals surface area contributed by atoms with Crippen molar-refractivity contribution in [1.29, 1.82) is 0 Å². The highest BCUT2D eigenvalue weighted by Gasteiger charge is 2.07. The average Bonchev–Trinajstić information content (AvgIpc) is 2.27. The zero-order valence-corrected chi connectivity index (χ0v) is 9.63. The van der Waals surface area contributed by atoms with Gasteiger partial charge >= 0.3 is 0 Å². The van der Waals surface area contributed by atoms with E-state index in [1.165, 1.54) is 5.56 Å². The molecule has 1 unspecified atom stereocenters. The molecule has 1 atom stereocenters. The van der Waals surface area contributed by atoms with E-state index in [9.17, 15) is 0 Å². The summed E-state index contributed by atoms with van der Waals surface area (Å²) in [5.74, 6) is 5.44. The van der Waals surface area contributed by atoms with Crippen molar-refractivity contribution in [3.63, 3.8) is 0 Å². The van der Waals surface area contributed by atoms with Crippen LogP contribution in [0.2, 0.25) is 5.02 Å². The maximum atomic E-state index is 5.80. The van der Waals surface area contributed by atoms with Gasteiger partial charge in [-0.3, -0.25) is 11.3 Å². The quantitative estimate of drug-likeness (QED) is 0.576. The van der Waals surface area contributed by atoms with E-state index >= 15 is 0 Å². The largest absolute Gasteiger partial charge is 0.380 e. The molecule has 1 rings (SSSR count). The number of nitrogens with one attached hydrogen (secondary N) is 1. The molecule has 0 saturated carbocycles. The van der Waals surface area contributed by atoms with Gasteiger partial charge in [0, 0.05) is 17.7 Å². The standard InChI is InChI=1S/C11H17ClN2O/c1-2-15-8-11(14-13)7-9-3-5-10(12)6-4-9/h3-6,11,14H,2,7-8,13H2,1H3. The minimum Gasteiger partial charge on any atom is -0.380 e. The van der Waals surface area contributed by atoms with Gasteiger partial charge in [-0.25, -0.2) is 0 Å². The molecule has 0 spiro atoms. The number of rotatable bonds is 6. The number of nitrogens with two attached hydrogens (primary N) is 1. The molecule has 0 radical (unpaired) electrons. The van der Waals surface area contributed by atoms with Crippen LogP contribution in [0, 0.1) is 0 Å². The topological polar surface area (TPSA) is 47.3 Å². The van der Waals surface area contributed by atoms with Crippen LogP contribution in [0.4, 0.5) is 0 Å². The Hall–Kier alpha value is -0.610. The molecule has 0 heterocycles. The fourth-order valence-corrected chi connectivity index (χ4v) is 1.46. The normalized spacial score (nSPS) is 12.7. The molecule has 84 valence electrons. The van der Waals surface area contributed by atoms with Crippen LogP contribution in [0.5, 0.6) is 0 Å². The van der Waals surface area contributed by atoms with Gasteiger partial charge in [0.05, 0.1) is 6.61 Å². The Morgan fingerprint density at radius 1 is 1.40 bits per heavy atom. The van der Waals surface area contributed by atoms with Gasteiger partial charge in [-0.2, -0.15) is 0 Å². The Labute approximate surface area is 95.5 Å². The summed E-state index contributed by atoms with van der Waals surface area (Å²) in [6, 6.07) is 7.90. The van der Waals surface area contributed by atoms with Crippen LogP contribution in [0.3, 0.4) is 0 Å². The Morgan fingerprint density at radius 2 is 2.07 bits per heavy atom. The molecular formula is C11H17ClN2O. The summed E-state index contributed by atoms with van der Waals surface area (Å²) in [4.78, 5) is 0. The fraction of sp³-hybridized carbons (Fsp3) is 0.455. The molecular weight excluding hydrogens is 212 g/mol. The van der Waals surface area contributed by atoms with Gasteiger partial charge in [0.1, 0.15) is 0 Å². The van der Waals surface area contributed by atoms with Crippen molar-refractivity contribution in [3.05, 3.63) is 34.9 Å². The van der Waals surface area contributed by atoms with Crippen molar-refractivity contribution < 1.29 is 4.74 Å². The number of hydrogen-bond donors (Lipinski definition) is 2. The Kier molecular flexibility index (Phi) is 5.65. The lowest BCUT2D eigenvalue weighted by molar-refractivity contribution is 0.123. The molecule has 0 fully saturated rings. The molecule has 0 aromatic heterocycles. The van der Waals surface area contributed by atoms with Crippen molar-refractivity contribution >= 4 is 11.6 Å². The van der Waals surface area contributed by atoms with Gasteiger partial charge in [-0.15, -0.1) is 0 Å². The Morgan fingerprint density at radius 3 is 2.60 bits per heavy atom. The molecule has 15 heavy (non-hydrogen) atoms. The minimum atomic E-state index is 0.145. The molecule has 1 aromatic carbocycles. The molecule has 1 aromatic rings. The van der Waals surface area contributed by atoms with Crippen molar-refractivity contribution in [3.8, 4) is 0 Å². The van der Waals surface area contributed by atoms with Gasteiger partial charge in [-0.1, -0.05) is 23.7 Å². The molecule has 3 nitrogen and oxygen atoms in total. The monoisotopic (exact) mass is 228 g/mol. The summed E-state index contributed by atoms with van der Waals surface area (Å²) in [5, 5.41) is 0.751. The second-order valence-corrected chi connectivity index (χ2v) is 3.79. The lowest BCUT2D eigenvalue weighted by Gasteiger charge is -2.15. The van der Waals surface area contributed by atoms with E-state index in [-0.39, 0.29) is 6.04 Å². The van der Waals surface area contributed by atoms with Crippen LogP contribution >= 0.6 is 11.6 Å². The van der Waals surface area contributed by atoms with Gasteiger partial charge < -0.3 is 4.74 Å². The smallest absolute Gasteiger partial charge is 0.0636 e. The SMILES string of the molecule is CCOCC(Cc1ccc(Cl)cc1)NN. The molecule has 0 aliphatic heterocycles. The third-order valence-corrected chi connectivity index (χ3v) is 2.41. The van der Waals surface area contributed by atoms with E-state index in [1.54, 1.807) is 0 Å². The third kappa shape index (κ3) is 4.62. The first kappa shape index (κ1) is 12.5. The number of halogens is 1. The number of hydrogen-bond acceptors (Lipinski definition) is 3.